The van der Waals surface area contributed by atoms with Gasteiger partial charge in [-0.3, -0.25) is 0 Å². The van der Waals surface area contributed by atoms with E-state index in [2.05, 4.69) is 205 Å². The highest BCUT2D eigenvalue weighted by atomic mass is 16.3. The van der Waals surface area contributed by atoms with Crippen LogP contribution in [0.5, 0.6) is 0 Å². The minimum Gasteiger partial charge on any atom is -0.454 e. The topological polar surface area (TPSA) is 16.4 Å². The minimum absolute atomic E-state index is 0.871. The summed E-state index contributed by atoms with van der Waals surface area (Å²) in [6.45, 7) is 0. The third-order valence-corrected chi connectivity index (χ3v) is 11.2. The number of anilines is 3. The Morgan fingerprint density at radius 1 is 0.304 bits per heavy atom. The fourth-order valence-electron chi connectivity index (χ4n) is 8.63. The van der Waals surface area contributed by atoms with Gasteiger partial charge in [0.15, 0.2) is 5.58 Å². The molecule has 0 radical (unpaired) electrons. The molecule has 0 N–H and O–H groups in total. The molecule has 0 aliphatic rings. The van der Waals surface area contributed by atoms with Crippen molar-refractivity contribution in [3.63, 3.8) is 0 Å². The molecule has 56 heavy (non-hydrogen) atoms. The summed E-state index contributed by atoms with van der Waals surface area (Å²) < 4.78 is 6.61. The van der Waals surface area contributed by atoms with Gasteiger partial charge in [-0.25, -0.2) is 0 Å². The second kappa shape index (κ2) is 13.2. The molecular formula is C54H35NO. The van der Waals surface area contributed by atoms with Gasteiger partial charge < -0.3 is 9.32 Å². The standard InChI is InChI=1S/C54H35NO/c1-3-15-38(16-4-1)52-47-22-10-9-20-44(47)45-33-29-41(35-49(45)53(52)39-17-5-2-6-18-39)37-26-30-42(31-27-37)55(43-32-28-36-14-7-8-19-40(36)34-43)50-24-13-23-48-46-21-11-12-25-51(46)56-54(48)50/h1-35H. The summed E-state index contributed by atoms with van der Waals surface area (Å²) in [6.07, 6.45) is 0. The third kappa shape index (κ3) is 5.26. The van der Waals surface area contributed by atoms with Crippen molar-refractivity contribution in [2.75, 3.05) is 4.90 Å². The van der Waals surface area contributed by atoms with E-state index in [-0.39, 0.29) is 0 Å². The molecule has 1 aromatic heterocycles. The molecule has 1 heterocycles. The van der Waals surface area contributed by atoms with E-state index in [0.29, 0.717) is 0 Å². The first-order valence-electron chi connectivity index (χ1n) is 19.2. The second-order valence-corrected chi connectivity index (χ2v) is 14.5. The van der Waals surface area contributed by atoms with Crippen LogP contribution in [0.2, 0.25) is 0 Å². The number of furan rings is 1. The molecule has 0 bridgehead atoms. The van der Waals surface area contributed by atoms with Crippen molar-refractivity contribution in [3.05, 3.63) is 212 Å². The largest absolute Gasteiger partial charge is 0.454 e. The van der Waals surface area contributed by atoms with Crippen molar-refractivity contribution in [3.8, 4) is 33.4 Å². The molecule has 11 aromatic rings. The first kappa shape index (κ1) is 32.0. The Bertz CT molecular complexity index is 3230. The second-order valence-electron chi connectivity index (χ2n) is 14.5. The van der Waals surface area contributed by atoms with Crippen molar-refractivity contribution in [1.82, 2.24) is 0 Å². The van der Waals surface area contributed by atoms with Crippen LogP contribution >= 0.6 is 0 Å². The number of hydrogen-bond acceptors (Lipinski definition) is 2. The highest BCUT2D eigenvalue weighted by Crippen LogP contribution is 2.46. The summed E-state index contributed by atoms with van der Waals surface area (Å²) >= 11 is 0. The van der Waals surface area contributed by atoms with E-state index in [4.69, 9.17) is 4.42 Å². The Labute approximate surface area is 325 Å². The van der Waals surface area contributed by atoms with Crippen LogP contribution in [0.4, 0.5) is 17.1 Å². The lowest BCUT2D eigenvalue weighted by molar-refractivity contribution is 0.669. The summed E-state index contributed by atoms with van der Waals surface area (Å²) in [6, 6.07) is 76.4. The van der Waals surface area contributed by atoms with E-state index in [9.17, 15) is 0 Å². The van der Waals surface area contributed by atoms with E-state index in [1.165, 1.54) is 60.1 Å². The minimum atomic E-state index is 0.871. The SMILES string of the molecule is c1ccc(-c2c(-c3ccccc3)c3cc(-c4ccc(N(c5ccc6ccccc6c5)c5cccc6c5oc5ccccc56)cc4)ccc3c3ccccc23)cc1. The van der Waals surface area contributed by atoms with Crippen LogP contribution in [0.15, 0.2) is 217 Å². The molecule has 0 saturated carbocycles. The summed E-state index contributed by atoms with van der Waals surface area (Å²) in [5.41, 5.74) is 12.2. The van der Waals surface area contributed by atoms with Crippen molar-refractivity contribution in [1.29, 1.82) is 0 Å². The molecule has 0 spiro atoms. The average molecular weight is 714 g/mol. The van der Waals surface area contributed by atoms with Crippen LogP contribution in [0.3, 0.4) is 0 Å². The van der Waals surface area contributed by atoms with Crippen molar-refractivity contribution in [2.24, 2.45) is 0 Å². The predicted octanol–water partition coefficient (Wildman–Crippen LogP) is 15.5. The van der Waals surface area contributed by atoms with Gasteiger partial charge in [0.1, 0.15) is 5.58 Å². The lowest BCUT2D eigenvalue weighted by atomic mass is 9.84. The zero-order valence-electron chi connectivity index (χ0n) is 30.6. The normalized spacial score (nSPS) is 11.6. The summed E-state index contributed by atoms with van der Waals surface area (Å²) in [5.74, 6) is 0. The molecular weight excluding hydrogens is 679 g/mol. The maximum Gasteiger partial charge on any atom is 0.159 e. The first-order valence-corrected chi connectivity index (χ1v) is 19.2. The molecule has 0 fully saturated rings. The number of benzene rings is 10. The molecule has 2 nitrogen and oxygen atoms in total. The molecule has 10 aromatic carbocycles. The van der Waals surface area contributed by atoms with E-state index >= 15 is 0 Å². The Morgan fingerprint density at radius 3 is 1.64 bits per heavy atom. The maximum atomic E-state index is 6.61. The van der Waals surface area contributed by atoms with Crippen molar-refractivity contribution in [2.45, 2.75) is 0 Å². The number of fused-ring (bicyclic) bond motifs is 7. The van der Waals surface area contributed by atoms with Crippen LogP contribution in [0, 0.1) is 0 Å². The van der Waals surface area contributed by atoms with Gasteiger partial charge in [0.25, 0.3) is 0 Å². The molecule has 2 heteroatoms. The van der Waals surface area contributed by atoms with Gasteiger partial charge in [0.05, 0.1) is 5.69 Å². The number of rotatable bonds is 6. The van der Waals surface area contributed by atoms with Crippen LogP contribution in [0.1, 0.15) is 0 Å². The molecule has 0 amide bonds. The van der Waals surface area contributed by atoms with Gasteiger partial charge in [-0.1, -0.05) is 170 Å². The lowest BCUT2D eigenvalue weighted by Crippen LogP contribution is -2.10. The Balaban J connectivity index is 1.10. The zero-order valence-corrected chi connectivity index (χ0v) is 30.6. The number of para-hydroxylation sites is 2. The fraction of sp³-hybridized carbons (Fsp3) is 0. The molecule has 0 unspecified atom stereocenters. The Hall–Kier alpha value is -7.42. The van der Waals surface area contributed by atoms with Crippen LogP contribution in [0.25, 0.3) is 87.6 Å². The third-order valence-electron chi connectivity index (χ3n) is 11.2. The van der Waals surface area contributed by atoms with E-state index < -0.39 is 0 Å². The van der Waals surface area contributed by atoms with Gasteiger partial charge in [0.2, 0.25) is 0 Å². The van der Waals surface area contributed by atoms with E-state index in [0.717, 1.165) is 44.6 Å². The van der Waals surface area contributed by atoms with Gasteiger partial charge in [0, 0.05) is 22.1 Å². The molecule has 262 valence electrons. The van der Waals surface area contributed by atoms with Gasteiger partial charge in [-0.2, -0.15) is 0 Å². The van der Waals surface area contributed by atoms with Crippen LogP contribution in [-0.2, 0) is 0 Å². The molecule has 0 saturated heterocycles. The quantitative estimate of drug-likeness (QED) is 0.160. The lowest BCUT2D eigenvalue weighted by Gasteiger charge is -2.26. The smallest absolute Gasteiger partial charge is 0.159 e. The molecule has 0 aliphatic heterocycles. The summed E-state index contributed by atoms with van der Waals surface area (Å²) in [7, 11) is 0. The highest BCUT2D eigenvalue weighted by molar-refractivity contribution is 6.22. The highest BCUT2D eigenvalue weighted by Gasteiger charge is 2.21. The van der Waals surface area contributed by atoms with Gasteiger partial charge >= 0.3 is 0 Å². The molecule has 0 aliphatic carbocycles. The Kier molecular flexibility index (Phi) is 7.53. The number of nitrogens with zero attached hydrogens (tertiary/aromatic N) is 1. The summed E-state index contributed by atoms with van der Waals surface area (Å²) in [4.78, 5) is 2.33. The first-order chi connectivity index (χ1) is 27.8. The van der Waals surface area contributed by atoms with Crippen molar-refractivity contribution < 1.29 is 4.42 Å². The van der Waals surface area contributed by atoms with Crippen LogP contribution in [-0.4, -0.2) is 0 Å². The van der Waals surface area contributed by atoms with E-state index in [1.807, 2.05) is 12.1 Å². The van der Waals surface area contributed by atoms with Crippen molar-refractivity contribution >= 4 is 71.3 Å². The summed E-state index contributed by atoms with van der Waals surface area (Å²) in [5, 5.41) is 9.63. The van der Waals surface area contributed by atoms with Gasteiger partial charge in [-0.15, -0.1) is 0 Å². The zero-order chi connectivity index (χ0) is 37.0. The van der Waals surface area contributed by atoms with Gasteiger partial charge in [-0.05, 0) is 108 Å². The predicted molar refractivity (Wildman–Crippen MR) is 237 cm³/mol. The van der Waals surface area contributed by atoms with E-state index in [1.54, 1.807) is 0 Å². The average Bonchev–Trinajstić information content (AvgIpc) is 3.66. The molecule has 0 atom stereocenters. The van der Waals surface area contributed by atoms with Crippen LogP contribution < -0.4 is 4.90 Å². The maximum absolute atomic E-state index is 6.61. The number of hydrogen-bond donors (Lipinski definition) is 0. The Morgan fingerprint density at radius 2 is 0.875 bits per heavy atom. The monoisotopic (exact) mass is 713 g/mol. The fourth-order valence-corrected chi connectivity index (χ4v) is 8.63. The molecule has 11 rings (SSSR count).